The summed E-state index contributed by atoms with van der Waals surface area (Å²) in [6.45, 7) is 3.73. The number of carbonyl (C=O) groups is 1. The zero-order valence-electron chi connectivity index (χ0n) is 8.47. The van der Waals surface area contributed by atoms with Crippen LogP contribution in [0, 0.1) is 5.92 Å². The van der Waals surface area contributed by atoms with E-state index in [1.54, 1.807) is 0 Å². The monoisotopic (exact) mass is 198 g/mol. The SMILES string of the molecule is COC(=O)c1cnn(C(O)C(C)C)c1. The van der Waals surface area contributed by atoms with Crippen LogP contribution >= 0.6 is 0 Å². The summed E-state index contributed by atoms with van der Waals surface area (Å²) in [4.78, 5) is 11.1. The molecule has 0 spiro atoms. The van der Waals surface area contributed by atoms with Crippen molar-refractivity contribution in [1.82, 2.24) is 9.78 Å². The summed E-state index contributed by atoms with van der Waals surface area (Å²) < 4.78 is 5.86. The van der Waals surface area contributed by atoms with Crippen molar-refractivity contribution in [3.05, 3.63) is 18.0 Å². The zero-order valence-corrected chi connectivity index (χ0v) is 8.47. The van der Waals surface area contributed by atoms with E-state index in [0.29, 0.717) is 5.56 Å². The lowest BCUT2D eigenvalue weighted by molar-refractivity contribution is 0.0445. The van der Waals surface area contributed by atoms with Gasteiger partial charge in [0.2, 0.25) is 0 Å². The maximum atomic E-state index is 11.1. The van der Waals surface area contributed by atoms with Gasteiger partial charge in [0.15, 0.2) is 0 Å². The molecule has 1 rings (SSSR count). The number of ether oxygens (including phenoxy) is 1. The van der Waals surface area contributed by atoms with E-state index in [4.69, 9.17) is 0 Å². The summed E-state index contributed by atoms with van der Waals surface area (Å²) in [5, 5.41) is 13.5. The first-order valence-corrected chi connectivity index (χ1v) is 4.36. The van der Waals surface area contributed by atoms with E-state index >= 15 is 0 Å². The molecule has 1 N–H and O–H groups in total. The number of rotatable bonds is 3. The average molecular weight is 198 g/mol. The minimum Gasteiger partial charge on any atom is -0.465 e. The second kappa shape index (κ2) is 4.23. The van der Waals surface area contributed by atoms with Gasteiger partial charge in [-0.3, -0.25) is 0 Å². The lowest BCUT2D eigenvalue weighted by atomic mass is 10.2. The maximum Gasteiger partial charge on any atom is 0.341 e. The third kappa shape index (κ3) is 2.11. The molecule has 0 aromatic carbocycles. The number of hydrogen-bond donors (Lipinski definition) is 1. The van der Waals surface area contributed by atoms with Crippen molar-refractivity contribution < 1.29 is 14.6 Å². The van der Waals surface area contributed by atoms with Gasteiger partial charge in [0, 0.05) is 6.20 Å². The minimum atomic E-state index is -0.714. The molecular formula is C9H14N2O3. The van der Waals surface area contributed by atoms with Gasteiger partial charge < -0.3 is 9.84 Å². The third-order valence-electron chi connectivity index (χ3n) is 1.89. The number of aliphatic hydroxyl groups is 1. The molecule has 14 heavy (non-hydrogen) atoms. The summed E-state index contributed by atoms with van der Waals surface area (Å²) in [6, 6.07) is 0. The summed E-state index contributed by atoms with van der Waals surface area (Å²) in [5.41, 5.74) is 0.340. The van der Waals surface area contributed by atoms with Crippen LogP contribution < -0.4 is 0 Å². The van der Waals surface area contributed by atoms with Crippen LogP contribution in [0.3, 0.4) is 0 Å². The number of hydrogen-bond acceptors (Lipinski definition) is 4. The number of aliphatic hydroxyl groups excluding tert-OH is 1. The van der Waals surface area contributed by atoms with Crippen LogP contribution in [0.1, 0.15) is 30.4 Å². The number of aromatic nitrogens is 2. The third-order valence-corrected chi connectivity index (χ3v) is 1.89. The van der Waals surface area contributed by atoms with Crippen molar-refractivity contribution in [3.63, 3.8) is 0 Å². The molecule has 1 aromatic rings. The Hall–Kier alpha value is -1.36. The number of nitrogens with zero attached hydrogens (tertiary/aromatic N) is 2. The topological polar surface area (TPSA) is 64.3 Å². The molecule has 0 fully saturated rings. The Morgan fingerprint density at radius 3 is 2.79 bits per heavy atom. The highest BCUT2D eigenvalue weighted by molar-refractivity contribution is 5.88. The molecule has 0 saturated carbocycles. The molecular weight excluding hydrogens is 184 g/mol. The van der Waals surface area contributed by atoms with E-state index < -0.39 is 12.2 Å². The summed E-state index contributed by atoms with van der Waals surface area (Å²) in [6.07, 6.45) is 2.13. The fraction of sp³-hybridized carbons (Fsp3) is 0.556. The van der Waals surface area contributed by atoms with Gasteiger partial charge in [0.1, 0.15) is 6.23 Å². The van der Waals surface area contributed by atoms with Crippen LogP contribution in [0.2, 0.25) is 0 Å². The lowest BCUT2D eigenvalue weighted by Gasteiger charge is -2.13. The molecule has 1 unspecified atom stereocenters. The van der Waals surface area contributed by atoms with E-state index in [-0.39, 0.29) is 5.92 Å². The van der Waals surface area contributed by atoms with Crippen LogP contribution in [-0.2, 0) is 4.74 Å². The lowest BCUT2D eigenvalue weighted by Crippen LogP contribution is -2.14. The van der Waals surface area contributed by atoms with Crippen molar-refractivity contribution >= 4 is 5.97 Å². The van der Waals surface area contributed by atoms with Crippen LogP contribution in [0.4, 0.5) is 0 Å². The van der Waals surface area contributed by atoms with Gasteiger partial charge in [0.25, 0.3) is 0 Å². The molecule has 0 aliphatic carbocycles. The van der Waals surface area contributed by atoms with Crippen LogP contribution in [0.25, 0.3) is 0 Å². The maximum absolute atomic E-state index is 11.1. The molecule has 1 aromatic heterocycles. The standard InChI is InChI=1S/C9H14N2O3/c1-6(2)8(12)11-5-7(4-10-11)9(13)14-3/h4-6,8,12H,1-3H3. The Bertz CT molecular complexity index is 320. The molecule has 1 heterocycles. The van der Waals surface area contributed by atoms with Crippen molar-refractivity contribution in [2.45, 2.75) is 20.1 Å². The minimum absolute atomic E-state index is 0.0420. The van der Waals surface area contributed by atoms with Gasteiger partial charge in [-0.25, -0.2) is 9.48 Å². The van der Waals surface area contributed by atoms with E-state index in [0.717, 1.165) is 0 Å². The van der Waals surface area contributed by atoms with E-state index in [1.165, 1.54) is 24.2 Å². The predicted molar refractivity (Wildman–Crippen MR) is 49.7 cm³/mol. The summed E-state index contributed by atoms with van der Waals surface area (Å²) >= 11 is 0. The molecule has 5 nitrogen and oxygen atoms in total. The van der Waals surface area contributed by atoms with Crippen molar-refractivity contribution in [2.24, 2.45) is 5.92 Å². The Kier molecular flexibility index (Phi) is 3.24. The number of esters is 1. The van der Waals surface area contributed by atoms with E-state index in [9.17, 15) is 9.90 Å². The highest BCUT2D eigenvalue weighted by Crippen LogP contribution is 2.13. The first kappa shape index (κ1) is 10.7. The second-order valence-corrected chi connectivity index (χ2v) is 3.36. The molecule has 5 heteroatoms. The van der Waals surface area contributed by atoms with Crippen LogP contribution in [0.15, 0.2) is 12.4 Å². The summed E-state index contributed by atoms with van der Waals surface area (Å²) in [7, 11) is 1.30. The molecule has 0 amide bonds. The van der Waals surface area contributed by atoms with Gasteiger partial charge in [-0.05, 0) is 5.92 Å². The fourth-order valence-corrected chi connectivity index (χ4v) is 1.01. The average Bonchev–Trinajstić information content (AvgIpc) is 2.64. The first-order valence-electron chi connectivity index (χ1n) is 4.36. The number of methoxy groups -OCH3 is 1. The Balaban J connectivity index is 2.82. The van der Waals surface area contributed by atoms with Gasteiger partial charge in [-0.2, -0.15) is 5.10 Å². The van der Waals surface area contributed by atoms with E-state index in [1.807, 2.05) is 13.8 Å². The van der Waals surface area contributed by atoms with Crippen LogP contribution in [0.5, 0.6) is 0 Å². The molecule has 78 valence electrons. The van der Waals surface area contributed by atoms with E-state index in [2.05, 4.69) is 9.84 Å². The molecule has 1 atom stereocenters. The van der Waals surface area contributed by atoms with Gasteiger partial charge in [0.05, 0.1) is 18.9 Å². The summed E-state index contributed by atoms with van der Waals surface area (Å²) in [5.74, 6) is -0.410. The molecule has 0 bridgehead atoms. The van der Waals surface area contributed by atoms with Crippen molar-refractivity contribution in [3.8, 4) is 0 Å². The fourth-order valence-electron chi connectivity index (χ4n) is 1.01. The Labute approximate surface area is 82.3 Å². The molecule has 0 aliphatic rings. The second-order valence-electron chi connectivity index (χ2n) is 3.36. The Morgan fingerprint density at radius 1 is 1.64 bits per heavy atom. The van der Waals surface area contributed by atoms with Gasteiger partial charge in [-0.1, -0.05) is 13.8 Å². The molecule has 0 saturated heterocycles. The molecule has 0 aliphatic heterocycles. The van der Waals surface area contributed by atoms with Crippen LogP contribution in [-0.4, -0.2) is 28.0 Å². The highest BCUT2D eigenvalue weighted by Gasteiger charge is 2.15. The predicted octanol–water partition coefficient (Wildman–Crippen LogP) is 0.817. The highest BCUT2D eigenvalue weighted by atomic mass is 16.5. The van der Waals surface area contributed by atoms with Gasteiger partial charge >= 0.3 is 5.97 Å². The van der Waals surface area contributed by atoms with Gasteiger partial charge in [-0.15, -0.1) is 0 Å². The van der Waals surface area contributed by atoms with Crippen molar-refractivity contribution in [2.75, 3.05) is 7.11 Å². The van der Waals surface area contributed by atoms with Crippen molar-refractivity contribution in [1.29, 1.82) is 0 Å². The quantitative estimate of drug-likeness (QED) is 0.730. The number of carbonyl (C=O) groups excluding carboxylic acids is 1. The smallest absolute Gasteiger partial charge is 0.341 e. The largest absolute Gasteiger partial charge is 0.465 e. The zero-order chi connectivity index (χ0) is 10.7. The Morgan fingerprint density at radius 2 is 2.29 bits per heavy atom. The first-order chi connectivity index (χ1) is 6.56. The normalized spacial score (nSPS) is 12.9. The molecule has 0 radical (unpaired) electrons.